The summed E-state index contributed by atoms with van der Waals surface area (Å²) in [6, 6.07) is 7.40. The Kier molecular flexibility index (Phi) is 4.82. The number of hydrogen-bond donors (Lipinski definition) is 1. The minimum absolute atomic E-state index is 0.269. The van der Waals surface area contributed by atoms with Gasteiger partial charge in [-0.2, -0.15) is 40.8 Å². The van der Waals surface area contributed by atoms with E-state index in [0.717, 1.165) is 6.92 Å². The first-order chi connectivity index (χ1) is 11.7. The maximum atomic E-state index is 14.1. The number of aliphatic hydroxyl groups is 1. The molecule has 0 saturated heterocycles. The van der Waals surface area contributed by atoms with Crippen molar-refractivity contribution in [3.8, 4) is 0 Å². The molecular weight excluding hydrogens is 373 g/mol. The third kappa shape index (κ3) is 3.04. The van der Waals surface area contributed by atoms with E-state index in [2.05, 4.69) is 5.10 Å². The molecule has 11 heteroatoms. The second kappa shape index (κ2) is 6.22. The number of nitrogens with zero attached hydrogens (tertiary/aromatic N) is 2. The molecule has 0 saturated carbocycles. The van der Waals surface area contributed by atoms with Crippen LogP contribution in [0.15, 0.2) is 35.4 Å². The van der Waals surface area contributed by atoms with Crippen LogP contribution in [0.4, 0.5) is 30.7 Å². The maximum Gasteiger partial charge on any atom is 0.460 e. The Morgan fingerprint density at radius 1 is 1.15 bits per heavy atom. The lowest BCUT2D eigenvalue weighted by molar-refractivity contribution is -0.401. The van der Waals surface area contributed by atoms with E-state index in [4.69, 9.17) is 0 Å². The van der Waals surface area contributed by atoms with E-state index >= 15 is 0 Å². The molecule has 0 bridgehead atoms. The van der Waals surface area contributed by atoms with Gasteiger partial charge in [-0.1, -0.05) is 30.3 Å². The quantitative estimate of drug-likeness (QED) is 0.807. The molecule has 4 nitrogen and oxygen atoms in total. The van der Waals surface area contributed by atoms with Crippen molar-refractivity contribution in [2.75, 3.05) is 0 Å². The van der Waals surface area contributed by atoms with Crippen LogP contribution in [0.25, 0.3) is 0 Å². The van der Waals surface area contributed by atoms with Crippen molar-refractivity contribution in [3.05, 3.63) is 35.9 Å². The first-order valence-corrected chi connectivity index (χ1v) is 7.20. The van der Waals surface area contributed by atoms with Gasteiger partial charge in [0.2, 0.25) is 11.6 Å². The van der Waals surface area contributed by atoms with Gasteiger partial charge in [-0.05, 0) is 12.5 Å². The number of alkyl halides is 7. The average Bonchev–Trinajstić information content (AvgIpc) is 2.83. The van der Waals surface area contributed by atoms with Crippen LogP contribution in [0.5, 0.6) is 0 Å². The highest BCUT2D eigenvalue weighted by Gasteiger charge is 2.82. The van der Waals surface area contributed by atoms with Crippen molar-refractivity contribution in [1.82, 2.24) is 5.01 Å². The van der Waals surface area contributed by atoms with Gasteiger partial charge in [0.15, 0.2) is 0 Å². The topological polar surface area (TPSA) is 52.9 Å². The highest BCUT2D eigenvalue weighted by Crippen LogP contribution is 2.54. The zero-order valence-corrected chi connectivity index (χ0v) is 13.2. The Labute approximate surface area is 142 Å². The molecule has 26 heavy (non-hydrogen) atoms. The number of hydrogen-bond acceptors (Lipinski definition) is 3. The van der Waals surface area contributed by atoms with E-state index < -0.39 is 48.2 Å². The molecule has 2 rings (SSSR count). The summed E-state index contributed by atoms with van der Waals surface area (Å²) < 4.78 is 92.3. The highest BCUT2D eigenvalue weighted by atomic mass is 19.4. The summed E-state index contributed by atoms with van der Waals surface area (Å²) in [7, 11) is 0. The Bertz CT molecular complexity index is 718. The molecule has 1 aliphatic rings. The molecule has 1 N–H and O–H groups in total. The van der Waals surface area contributed by atoms with Gasteiger partial charge < -0.3 is 5.11 Å². The molecule has 0 spiro atoms. The van der Waals surface area contributed by atoms with Gasteiger partial charge >= 0.3 is 18.0 Å². The monoisotopic (exact) mass is 386 g/mol. The molecule has 144 valence electrons. The normalized spacial score (nSPS) is 21.7. The molecule has 0 fully saturated rings. The molecule has 1 heterocycles. The number of carbonyl (C=O) groups is 1. The zero-order valence-electron chi connectivity index (χ0n) is 13.2. The molecule has 0 radical (unpaired) electrons. The Morgan fingerprint density at radius 2 is 1.69 bits per heavy atom. The summed E-state index contributed by atoms with van der Waals surface area (Å²) in [5.74, 6) is -14.0. The van der Waals surface area contributed by atoms with Crippen molar-refractivity contribution in [2.45, 2.75) is 43.5 Å². The fraction of sp³-hybridized carbons (Fsp3) is 0.467. The van der Waals surface area contributed by atoms with Gasteiger partial charge in [0.05, 0.1) is 6.42 Å². The lowest BCUT2D eigenvalue weighted by Crippen LogP contribution is -2.69. The van der Waals surface area contributed by atoms with E-state index in [1.54, 1.807) is 6.07 Å². The van der Waals surface area contributed by atoms with E-state index in [1.807, 2.05) is 0 Å². The van der Waals surface area contributed by atoms with Crippen LogP contribution in [0.2, 0.25) is 0 Å². The van der Waals surface area contributed by atoms with Crippen molar-refractivity contribution < 1.29 is 40.6 Å². The third-order valence-corrected chi connectivity index (χ3v) is 3.81. The standard InChI is InChI=1S/C15H13F7N2O2/c1-9-8-12(26,13(16,17)14(18,19)15(20,21)22)24(23-9)11(25)7-10-5-3-2-4-6-10/h2-6,26H,7-8H2,1H3/t12-/m0/s1. The number of halogens is 7. The van der Waals surface area contributed by atoms with E-state index in [0.29, 0.717) is 0 Å². The summed E-state index contributed by atoms with van der Waals surface area (Å²) >= 11 is 0. The number of amides is 1. The molecule has 1 atom stereocenters. The van der Waals surface area contributed by atoms with E-state index in [-0.39, 0.29) is 10.6 Å². The summed E-state index contributed by atoms with van der Waals surface area (Å²) in [5.41, 5.74) is -4.28. The molecule has 0 aromatic heterocycles. The number of benzene rings is 1. The Hall–Kier alpha value is -2.17. The van der Waals surface area contributed by atoms with Crippen LogP contribution in [-0.4, -0.2) is 45.5 Å². The van der Waals surface area contributed by atoms with Crippen molar-refractivity contribution >= 4 is 11.6 Å². The molecule has 1 amide bonds. The summed E-state index contributed by atoms with van der Waals surface area (Å²) in [6.45, 7) is 1.02. The van der Waals surface area contributed by atoms with Gasteiger partial charge in [0.1, 0.15) is 0 Å². The van der Waals surface area contributed by atoms with Crippen molar-refractivity contribution in [2.24, 2.45) is 5.10 Å². The summed E-state index contributed by atoms with van der Waals surface area (Å²) in [6.07, 6.45) is -8.63. The minimum Gasteiger partial charge on any atom is -0.364 e. The van der Waals surface area contributed by atoms with Crippen LogP contribution in [0.3, 0.4) is 0 Å². The Morgan fingerprint density at radius 3 is 2.19 bits per heavy atom. The lowest BCUT2D eigenvalue weighted by atomic mass is 9.93. The molecular formula is C15H13F7N2O2. The van der Waals surface area contributed by atoms with Crippen molar-refractivity contribution in [1.29, 1.82) is 0 Å². The SMILES string of the molecule is CC1=NN(C(=O)Cc2ccccc2)[C@@](O)(C(F)(F)C(F)(F)C(F)(F)F)C1. The largest absolute Gasteiger partial charge is 0.460 e. The van der Waals surface area contributed by atoms with E-state index in [1.165, 1.54) is 24.3 Å². The first kappa shape index (κ1) is 20.1. The summed E-state index contributed by atoms with van der Waals surface area (Å²) in [5, 5.41) is 12.9. The van der Waals surface area contributed by atoms with Crippen LogP contribution >= 0.6 is 0 Å². The number of rotatable bonds is 4. The molecule has 0 aliphatic carbocycles. The predicted molar refractivity (Wildman–Crippen MR) is 75.6 cm³/mol. The number of carbonyl (C=O) groups excluding carboxylic acids is 1. The molecule has 1 aliphatic heterocycles. The molecule has 0 unspecified atom stereocenters. The van der Waals surface area contributed by atoms with Gasteiger partial charge in [-0.3, -0.25) is 4.79 Å². The Balaban J connectivity index is 2.41. The maximum absolute atomic E-state index is 14.1. The van der Waals surface area contributed by atoms with Gasteiger partial charge in [0, 0.05) is 12.1 Å². The van der Waals surface area contributed by atoms with Crippen LogP contribution in [0.1, 0.15) is 18.9 Å². The van der Waals surface area contributed by atoms with Gasteiger partial charge in [0.25, 0.3) is 0 Å². The van der Waals surface area contributed by atoms with E-state index in [9.17, 15) is 40.6 Å². The fourth-order valence-electron chi connectivity index (χ4n) is 2.50. The fourth-order valence-corrected chi connectivity index (χ4v) is 2.50. The second-order valence-electron chi connectivity index (χ2n) is 5.84. The number of hydrazone groups is 1. The van der Waals surface area contributed by atoms with Crippen LogP contribution in [-0.2, 0) is 11.2 Å². The molecule has 1 aromatic rings. The van der Waals surface area contributed by atoms with Crippen molar-refractivity contribution in [3.63, 3.8) is 0 Å². The van der Waals surface area contributed by atoms with Gasteiger partial charge in [-0.15, -0.1) is 0 Å². The zero-order chi connectivity index (χ0) is 20.0. The predicted octanol–water partition coefficient (Wildman–Crippen LogP) is 3.36. The average molecular weight is 386 g/mol. The third-order valence-electron chi connectivity index (χ3n) is 3.81. The summed E-state index contributed by atoms with van der Waals surface area (Å²) in [4.78, 5) is 12.2. The van der Waals surface area contributed by atoms with Gasteiger partial charge in [-0.25, -0.2) is 0 Å². The minimum atomic E-state index is -6.64. The smallest absolute Gasteiger partial charge is 0.364 e. The van der Waals surface area contributed by atoms with Crippen LogP contribution < -0.4 is 0 Å². The lowest BCUT2D eigenvalue weighted by Gasteiger charge is -2.41. The second-order valence-corrected chi connectivity index (χ2v) is 5.84. The highest BCUT2D eigenvalue weighted by molar-refractivity contribution is 5.89. The first-order valence-electron chi connectivity index (χ1n) is 7.20. The molecule has 1 aromatic carbocycles. The van der Waals surface area contributed by atoms with Crippen LogP contribution in [0, 0.1) is 0 Å².